The van der Waals surface area contributed by atoms with Crippen LogP contribution in [0.15, 0.2) is 0 Å². The third-order valence-electron chi connectivity index (χ3n) is 4.79. The van der Waals surface area contributed by atoms with E-state index in [9.17, 15) is 54.0 Å². The Kier molecular flexibility index (Phi) is 15.8. The Balaban J connectivity index is 5.25. The molecule has 0 aromatic carbocycles. The number of aliphatic carboxylic acids is 2. The molecule has 0 heterocycles. The largest absolute Gasteiger partial charge is 0.481 e. The van der Waals surface area contributed by atoms with Crippen LogP contribution in [0.5, 0.6) is 0 Å². The van der Waals surface area contributed by atoms with E-state index >= 15 is 0 Å². The molecule has 5 amide bonds. The molecule has 0 unspecified atom stereocenters. The smallest absolute Gasteiger partial charge is 0.328 e. The van der Waals surface area contributed by atoms with Crippen molar-refractivity contribution in [3.8, 4) is 0 Å². The molecule has 6 atom stereocenters. The quantitative estimate of drug-likeness (QED) is 0.0729. The Bertz CT molecular complexity index is 902. The molecule has 0 fully saturated rings. The topological polar surface area (TPSA) is 347 Å². The van der Waals surface area contributed by atoms with E-state index in [0.717, 1.165) is 0 Å². The number of carbonyl (C=O) groups excluding carboxylic acids is 5. The lowest BCUT2D eigenvalue weighted by Crippen LogP contribution is -2.61. The van der Waals surface area contributed by atoms with E-state index in [4.69, 9.17) is 21.1 Å². The van der Waals surface area contributed by atoms with Crippen molar-refractivity contribution >= 4 is 41.5 Å². The Morgan fingerprint density at radius 2 is 0.744 bits per heavy atom. The molecule has 0 aliphatic rings. The van der Waals surface area contributed by atoms with E-state index in [1.807, 2.05) is 26.6 Å². The summed E-state index contributed by atoms with van der Waals surface area (Å²) < 4.78 is 0. The van der Waals surface area contributed by atoms with E-state index < -0.39 is 117 Å². The number of hydrogen-bond donors (Lipinski definition) is 13. The van der Waals surface area contributed by atoms with E-state index in [0.29, 0.717) is 0 Å². The molecule has 20 heteroatoms. The molecule has 0 bridgehead atoms. The van der Waals surface area contributed by atoms with Crippen LogP contribution in [0.25, 0.3) is 0 Å². The van der Waals surface area contributed by atoms with Crippen LogP contribution in [0.1, 0.15) is 6.42 Å². The van der Waals surface area contributed by atoms with Crippen molar-refractivity contribution in [2.24, 2.45) is 5.73 Å². The lowest BCUT2D eigenvalue weighted by Gasteiger charge is -2.24. The van der Waals surface area contributed by atoms with Crippen LogP contribution in [0.2, 0.25) is 0 Å². The first-order chi connectivity index (χ1) is 18.2. The van der Waals surface area contributed by atoms with Crippen molar-refractivity contribution in [2.45, 2.75) is 42.7 Å². The van der Waals surface area contributed by atoms with E-state index in [2.05, 4.69) is 0 Å². The second kappa shape index (κ2) is 17.5. The van der Waals surface area contributed by atoms with Crippen LogP contribution in [0, 0.1) is 0 Å². The van der Waals surface area contributed by atoms with Gasteiger partial charge in [-0.3, -0.25) is 28.8 Å². The van der Waals surface area contributed by atoms with Gasteiger partial charge in [-0.1, -0.05) is 0 Å². The van der Waals surface area contributed by atoms with Crippen molar-refractivity contribution in [1.29, 1.82) is 0 Å². The summed E-state index contributed by atoms with van der Waals surface area (Å²) in [6, 6.07) is -10.5. The molecule has 0 aliphatic heterocycles. The average Bonchev–Trinajstić information content (AvgIpc) is 2.88. The summed E-state index contributed by atoms with van der Waals surface area (Å²) in [4.78, 5) is 82.7. The molecular weight excluding hydrogens is 536 g/mol. The highest BCUT2D eigenvalue weighted by atomic mass is 16.4. The first-order valence-electron chi connectivity index (χ1n) is 11.0. The van der Waals surface area contributed by atoms with Crippen molar-refractivity contribution in [3.63, 3.8) is 0 Å². The van der Waals surface area contributed by atoms with Crippen LogP contribution in [-0.4, -0.2) is 147 Å². The fraction of sp³-hybridized carbons (Fsp3) is 0.632. The maximum absolute atomic E-state index is 12.5. The Labute approximate surface area is 219 Å². The highest BCUT2D eigenvalue weighted by Crippen LogP contribution is 1.96. The molecule has 0 radical (unpaired) electrons. The number of amides is 5. The average molecular weight is 568 g/mol. The molecule has 0 aromatic rings. The van der Waals surface area contributed by atoms with Gasteiger partial charge in [-0.15, -0.1) is 0 Å². The molecule has 0 saturated carbocycles. The molecular formula is C19H32N6O14. The number of rotatable bonds is 18. The minimum Gasteiger partial charge on any atom is -0.481 e. The third kappa shape index (κ3) is 12.0. The molecule has 20 nitrogen and oxygen atoms in total. The highest BCUT2D eigenvalue weighted by Gasteiger charge is 2.32. The highest BCUT2D eigenvalue weighted by molar-refractivity contribution is 5.96. The molecule has 14 N–H and O–H groups in total. The predicted octanol–water partition coefficient (Wildman–Crippen LogP) is -8.74. The van der Waals surface area contributed by atoms with Gasteiger partial charge in [0.2, 0.25) is 29.5 Å². The van der Waals surface area contributed by atoms with Crippen LogP contribution in [0.3, 0.4) is 0 Å². The zero-order valence-electron chi connectivity index (χ0n) is 20.3. The van der Waals surface area contributed by atoms with Gasteiger partial charge in [0.05, 0.1) is 45.5 Å². The maximum Gasteiger partial charge on any atom is 0.328 e. The van der Waals surface area contributed by atoms with Crippen LogP contribution in [0.4, 0.5) is 0 Å². The fourth-order valence-electron chi connectivity index (χ4n) is 2.61. The number of nitrogens with one attached hydrogen (secondary N) is 5. The van der Waals surface area contributed by atoms with Crippen LogP contribution >= 0.6 is 0 Å². The Hall–Kier alpha value is -3.95. The summed E-state index contributed by atoms with van der Waals surface area (Å²) >= 11 is 0. The number of nitrogens with two attached hydrogens (primary N) is 1. The predicted molar refractivity (Wildman–Crippen MR) is 123 cm³/mol. The van der Waals surface area contributed by atoms with Crippen molar-refractivity contribution < 1.29 is 69.3 Å². The second-order valence-corrected chi connectivity index (χ2v) is 7.76. The van der Waals surface area contributed by atoms with Gasteiger partial charge < -0.3 is 68.1 Å². The number of carboxylic acids is 2. The van der Waals surface area contributed by atoms with E-state index in [1.54, 1.807) is 0 Å². The van der Waals surface area contributed by atoms with Gasteiger partial charge in [0.25, 0.3) is 0 Å². The minimum atomic E-state index is -1.82. The standard InChI is InChI=1S/C19H32N6O14/c20-7(1-13(31)32)14(33)21-8(2-26)15(34)22-9(3-27)16(35)23-10(4-28)17(36)24-11(5-29)18(37)25-12(6-30)19(38)39/h7-12,26-30H,1-6,20H2,(H,21,33)(H,22,34)(H,23,35)(H,24,36)(H,25,37)(H,31,32)(H,38,39)/t7-,8-,9-,10-,11-,12-/m0/s1. The molecule has 0 spiro atoms. The SMILES string of the molecule is N[C@@H](CC(=O)O)C(=O)N[C@@H](CO)C(=O)N[C@@H](CO)C(=O)N[C@@H](CO)C(=O)N[C@@H](CO)C(=O)N[C@@H](CO)C(=O)O. The molecule has 39 heavy (non-hydrogen) atoms. The van der Waals surface area contributed by atoms with E-state index in [1.165, 1.54) is 0 Å². The third-order valence-corrected chi connectivity index (χ3v) is 4.79. The zero-order valence-corrected chi connectivity index (χ0v) is 20.3. The first-order valence-corrected chi connectivity index (χ1v) is 11.0. The number of aliphatic hydroxyl groups excluding tert-OH is 5. The summed E-state index contributed by atoms with van der Waals surface area (Å²) in [6.45, 7) is -5.26. The normalized spacial score (nSPS) is 15.3. The lowest BCUT2D eigenvalue weighted by atomic mass is 10.1. The van der Waals surface area contributed by atoms with Gasteiger partial charge >= 0.3 is 11.9 Å². The Morgan fingerprint density at radius 1 is 0.487 bits per heavy atom. The molecule has 222 valence electrons. The number of aliphatic hydroxyl groups is 5. The molecule has 0 rings (SSSR count). The van der Waals surface area contributed by atoms with Gasteiger partial charge in [0, 0.05) is 0 Å². The number of carboxylic acid groups (broad SMARTS) is 2. The molecule has 0 aliphatic carbocycles. The van der Waals surface area contributed by atoms with Crippen molar-refractivity contribution in [3.05, 3.63) is 0 Å². The van der Waals surface area contributed by atoms with Gasteiger partial charge in [0.1, 0.15) is 30.2 Å². The van der Waals surface area contributed by atoms with Crippen molar-refractivity contribution in [2.75, 3.05) is 33.0 Å². The second-order valence-electron chi connectivity index (χ2n) is 7.76. The monoisotopic (exact) mass is 568 g/mol. The lowest BCUT2D eigenvalue weighted by molar-refractivity contribution is -0.143. The summed E-state index contributed by atoms with van der Waals surface area (Å²) in [5.41, 5.74) is 5.35. The molecule has 0 saturated heterocycles. The number of hydrogen-bond acceptors (Lipinski definition) is 13. The van der Waals surface area contributed by atoms with Crippen LogP contribution in [-0.2, 0) is 33.6 Å². The van der Waals surface area contributed by atoms with Gasteiger partial charge in [-0.25, -0.2) is 4.79 Å². The van der Waals surface area contributed by atoms with Gasteiger partial charge in [0.15, 0.2) is 0 Å². The van der Waals surface area contributed by atoms with Gasteiger partial charge in [-0.2, -0.15) is 0 Å². The summed E-state index contributed by atoms with van der Waals surface area (Å²) in [5.74, 6) is -9.11. The van der Waals surface area contributed by atoms with E-state index in [-0.39, 0.29) is 0 Å². The first kappa shape index (κ1) is 35.0. The zero-order chi connectivity index (χ0) is 30.3. The molecule has 0 aromatic heterocycles. The Morgan fingerprint density at radius 3 is 0.974 bits per heavy atom. The summed E-state index contributed by atoms with van der Waals surface area (Å²) in [6.07, 6.45) is -0.793. The fourth-order valence-corrected chi connectivity index (χ4v) is 2.61. The maximum atomic E-state index is 12.5. The number of carbonyl (C=O) groups is 7. The van der Waals surface area contributed by atoms with Crippen molar-refractivity contribution in [1.82, 2.24) is 26.6 Å². The van der Waals surface area contributed by atoms with Gasteiger partial charge in [-0.05, 0) is 0 Å². The van der Waals surface area contributed by atoms with Crippen LogP contribution < -0.4 is 32.3 Å². The minimum absolute atomic E-state index is 0.793. The summed E-state index contributed by atoms with van der Waals surface area (Å²) in [7, 11) is 0. The summed E-state index contributed by atoms with van der Waals surface area (Å²) in [5, 5.41) is 73.7.